The maximum absolute atomic E-state index is 5.62. The zero-order chi connectivity index (χ0) is 11.4. The van der Waals surface area contributed by atoms with Crippen molar-refractivity contribution in [1.82, 2.24) is 29.8 Å². The van der Waals surface area contributed by atoms with Crippen LogP contribution in [0.15, 0.2) is 12.5 Å². The number of hydrogen-bond acceptors (Lipinski definition) is 4. The molecule has 0 unspecified atom stereocenters. The minimum Gasteiger partial charge on any atom is -0.251 e. The third-order valence-corrected chi connectivity index (χ3v) is 2.53. The summed E-state index contributed by atoms with van der Waals surface area (Å²) in [5.41, 5.74) is 0.961. The van der Waals surface area contributed by atoms with Gasteiger partial charge in [-0.3, -0.25) is 4.68 Å². The number of nitrogens with zero attached hydrogens (tertiary/aromatic N) is 6. The van der Waals surface area contributed by atoms with Crippen molar-refractivity contribution in [3.63, 3.8) is 0 Å². The van der Waals surface area contributed by atoms with Crippen LogP contribution in [0.1, 0.15) is 17.9 Å². The molecule has 6 nitrogen and oxygen atoms in total. The van der Waals surface area contributed by atoms with Gasteiger partial charge in [0.25, 0.3) is 0 Å². The Morgan fingerprint density at radius 3 is 3.00 bits per heavy atom. The first-order valence-corrected chi connectivity index (χ1v) is 5.61. The molecule has 0 radical (unpaired) electrons. The van der Waals surface area contributed by atoms with Gasteiger partial charge in [0.2, 0.25) is 0 Å². The van der Waals surface area contributed by atoms with Gasteiger partial charge in [-0.05, 0) is 12.8 Å². The molecule has 2 aromatic rings. The molecule has 0 aliphatic rings. The standard InChI is InChI=1S/C9H13ClN6/c1-15-9(11-7-12-15)6-16-5-8(13-14-16)3-2-4-10/h5,7H,2-4,6H2,1H3. The lowest BCUT2D eigenvalue weighted by molar-refractivity contribution is 0.589. The Balaban J connectivity index is 2.00. The molecule has 0 aromatic carbocycles. The predicted octanol–water partition coefficient (Wildman–Crippen LogP) is 0.626. The molecule has 7 heteroatoms. The van der Waals surface area contributed by atoms with Crippen LogP contribution >= 0.6 is 11.6 Å². The largest absolute Gasteiger partial charge is 0.251 e. The van der Waals surface area contributed by atoms with Gasteiger partial charge in [0, 0.05) is 19.1 Å². The first kappa shape index (κ1) is 11.1. The lowest BCUT2D eigenvalue weighted by Crippen LogP contribution is -2.07. The summed E-state index contributed by atoms with van der Waals surface area (Å²) >= 11 is 5.62. The highest BCUT2D eigenvalue weighted by Crippen LogP contribution is 2.01. The second kappa shape index (κ2) is 5.07. The molecular formula is C9H13ClN6. The Kier molecular flexibility index (Phi) is 3.51. The molecule has 0 saturated heterocycles. The van der Waals surface area contributed by atoms with Gasteiger partial charge < -0.3 is 0 Å². The van der Waals surface area contributed by atoms with Crippen molar-refractivity contribution in [1.29, 1.82) is 0 Å². The molecule has 0 atom stereocenters. The Labute approximate surface area is 98.2 Å². The zero-order valence-corrected chi connectivity index (χ0v) is 9.80. The Morgan fingerprint density at radius 1 is 1.44 bits per heavy atom. The predicted molar refractivity (Wildman–Crippen MR) is 59.2 cm³/mol. The Morgan fingerprint density at radius 2 is 2.31 bits per heavy atom. The van der Waals surface area contributed by atoms with Crippen LogP contribution in [0, 0.1) is 0 Å². The van der Waals surface area contributed by atoms with E-state index in [0.717, 1.165) is 24.4 Å². The minimum absolute atomic E-state index is 0.588. The van der Waals surface area contributed by atoms with Crippen LogP contribution in [0.5, 0.6) is 0 Å². The van der Waals surface area contributed by atoms with E-state index in [2.05, 4.69) is 20.4 Å². The van der Waals surface area contributed by atoms with Gasteiger partial charge >= 0.3 is 0 Å². The molecule has 0 bridgehead atoms. The molecule has 86 valence electrons. The van der Waals surface area contributed by atoms with Gasteiger partial charge in [0.1, 0.15) is 18.7 Å². The summed E-state index contributed by atoms with van der Waals surface area (Å²) in [5, 5.41) is 12.1. The summed E-state index contributed by atoms with van der Waals surface area (Å²) in [6.07, 6.45) is 5.23. The van der Waals surface area contributed by atoms with Crippen molar-refractivity contribution in [2.45, 2.75) is 19.4 Å². The molecule has 0 fully saturated rings. The third-order valence-electron chi connectivity index (χ3n) is 2.26. The second-order valence-electron chi connectivity index (χ2n) is 3.50. The van der Waals surface area contributed by atoms with Crippen molar-refractivity contribution < 1.29 is 0 Å². The Bertz CT molecular complexity index is 448. The molecule has 0 aliphatic carbocycles. The van der Waals surface area contributed by atoms with Gasteiger partial charge in [0.05, 0.1) is 5.69 Å². The molecule has 0 N–H and O–H groups in total. The molecular weight excluding hydrogens is 228 g/mol. The van der Waals surface area contributed by atoms with E-state index in [-0.39, 0.29) is 0 Å². The lowest BCUT2D eigenvalue weighted by atomic mass is 10.3. The molecule has 2 heterocycles. The van der Waals surface area contributed by atoms with E-state index in [1.165, 1.54) is 6.33 Å². The lowest BCUT2D eigenvalue weighted by Gasteiger charge is -1.98. The summed E-state index contributed by atoms with van der Waals surface area (Å²) in [4.78, 5) is 4.12. The number of aromatic nitrogens is 6. The molecule has 2 rings (SSSR count). The minimum atomic E-state index is 0.588. The quantitative estimate of drug-likeness (QED) is 0.719. The highest BCUT2D eigenvalue weighted by molar-refractivity contribution is 6.17. The van der Waals surface area contributed by atoms with Crippen LogP contribution in [0.2, 0.25) is 0 Å². The highest BCUT2D eigenvalue weighted by Gasteiger charge is 2.04. The number of hydrogen-bond donors (Lipinski definition) is 0. The van der Waals surface area contributed by atoms with Gasteiger partial charge in [-0.25, -0.2) is 9.67 Å². The van der Waals surface area contributed by atoms with Crippen LogP contribution in [0.3, 0.4) is 0 Å². The number of aryl methyl sites for hydroxylation is 2. The molecule has 0 amide bonds. The maximum atomic E-state index is 5.62. The summed E-state index contributed by atoms with van der Waals surface area (Å²) in [6.45, 7) is 0.588. The topological polar surface area (TPSA) is 61.4 Å². The fourth-order valence-electron chi connectivity index (χ4n) is 1.39. The number of alkyl halides is 1. The second-order valence-corrected chi connectivity index (χ2v) is 3.88. The van der Waals surface area contributed by atoms with Gasteiger partial charge in [-0.2, -0.15) is 5.10 Å². The summed E-state index contributed by atoms with van der Waals surface area (Å²) in [7, 11) is 1.85. The highest BCUT2D eigenvalue weighted by atomic mass is 35.5. The maximum Gasteiger partial charge on any atom is 0.148 e. The third kappa shape index (κ3) is 2.57. The smallest absolute Gasteiger partial charge is 0.148 e. The van der Waals surface area contributed by atoms with Crippen molar-refractivity contribution in [2.75, 3.05) is 5.88 Å². The van der Waals surface area contributed by atoms with Crippen LogP contribution in [0.4, 0.5) is 0 Å². The van der Waals surface area contributed by atoms with E-state index < -0.39 is 0 Å². The molecule has 0 aliphatic heterocycles. The monoisotopic (exact) mass is 240 g/mol. The van der Waals surface area contributed by atoms with Gasteiger partial charge in [-0.1, -0.05) is 5.21 Å². The number of halogens is 1. The molecule has 2 aromatic heterocycles. The van der Waals surface area contributed by atoms with E-state index >= 15 is 0 Å². The normalized spacial score (nSPS) is 10.9. The van der Waals surface area contributed by atoms with E-state index in [1.807, 2.05) is 13.2 Å². The molecule has 0 saturated carbocycles. The van der Waals surface area contributed by atoms with Crippen molar-refractivity contribution >= 4 is 11.6 Å². The van der Waals surface area contributed by atoms with Crippen LogP contribution in [0.25, 0.3) is 0 Å². The summed E-state index contributed by atoms with van der Waals surface area (Å²) < 4.78 is 3.48. The zero-order valence-electron chi connectivity index (χ0n) is 9.04. The SMILES string of the molecule is Cn1ncnc1Cn1cc(CCCCl)nn1. The number of rotatable bonds is 5. The fourth-order valence-corrected chi connectivity index (χ4v) is 1.52. The van der Waals surface area contributed by atoms with Crippen molar-refractivity contribution in [3.05, 3.63) is 24.0 Å². The molecule has 16 heavy (non-hydrogen) atoms. The van der Waals surface area contributed by atoms with E-state index in [4.69, 9.17) is 11.6 Å². The van der Waals surface area contributed by atoms with E-state index in [1.54, 1.807) is 9.36 Å². The first-order valence-electron chi connectivity index (χ1n) is 5.07. The average molecular weight is 241 g/mol. The van der Waals surface area contributed by atoms with Crippen LogP contribution in [-0.2, 0) is 20.0 Å². The van der Waals surface area contributed by atoms with Crippen LogP contribution in [-0.4, -0.2) is 35.6 Å². The Hall–Kier alpha value is -1.43. The van der Waals surface area contributed by atoms with E-state index in [9.17, 15) is 0 Å². The van der Waals surface area contributed by atoms with E-state index in [0.29, 0.717) is 12.4 Å². The average Bonchev–Trinajstić information content (AvgIpc) is 2.87. The van der Waals surface area contributed by atoms with Crippen molar-refractivity contribution in [2.24, 2.45) is 7.05 Å². The van der Waals surface area contributed by atoms with Gasteiger partial charge in [0.15, 0.2) is 0 Å². The fraction of sp³-hybridized carbons (Fsp3) is 0.556. The molecule has 0 spiro atoms. The van der Waals surface area contributed by atoms with Crippen molar-refractivity contribution in [3.8, 4) is 0 Å². The summed E-state index contributed by atoms with van der Waals surface area (Å²) in [5.74, 6) is 1.50. The summed E-state index contributed by atoms with van der Waals surface area (Å²) in [6, 6.07) is 0. The van der Waals surface area contributed by atoms with Crippen LogP contribution < -0.4 is 0 Å². The first-order chi connectivity index (χ1) is 7.79. The van der Waals surface area contributed by atoms with Gasteiger partial charge in [-0.15, -0.1) is 16.7 Å².